The van der Waals surface area contributed by atoms with Crippen LogP contribution in [0.3, 0.4) is 0 Å². The molecule has 0 saturated heterocycles. The molecule has 1 aliphatic rings. The van der Waals surface area contributed by atoms with Crippen molar-refractivity contribution in [2.75, 3.05) is 13.2 Å². The van der Waals surface area contributed by atoms with E-state index in [4.69, 9.17) is 9.47 Å². The lowest BCUT2D eigenvalue weighted by Gasteiger charge is -2.21. The van der Waals surface area contributed by atoms with Gasteiger partial charge in [0.05, 0.1) is 13.2 Å². The highest BCUT2D eigenvalue weighted by Gasteiger charge is 2.16. The van der Waals surface area contributed by atoms with Gasteiger partial charge in [0.2, 0.25) is 0 Å². The van der Waals surface area contributed by atoms with E-state index in [1.165, 1.54) is 32.1 Å². The maximum atomic E-state index is 12.7. The second-order valence-electron chi connectivity index (χ2n) is 6.82. The third-order valence-electron chi connectivity index (χ3n) is 4.67. The fourth-order valence-corrected chi connectivity index (χ4v) is 3.33. The molecule has 1 aliphatic carbocycles. The lowest BCUT2D eigenvalue weighted by molar-refractivity contribution is 0.0929. The molecule has 0 atom stereocenters. The molecule has 0 aromatic heterocycles. The highest BCUT2D eigenvalue weighted by molar-refractivity contribution is 5.94. The number of rotatable bonds is 8. The number of amides is 1. The first-order chi connectivity index (χ1) is 12.2. The van der Waals surface area contributed by atoms with Crippen LogP contribution in [0.15, 0.2) is 18.2 Å². The molecule has 140 valence electrons. The van der Waals surface area contributed by atoms with Crippen molar-refractivity contribution in [1.29, 1.82) is 0 Å². The Morgan fingerprint density at radius 2 is 1.84 bits per heavy atom. The number of benzene rings is 1. The number of ether oxygens (including phenoxy) is 2. The van der Waals surface area contributed by atoms with Crippen LogP contribution in [0.1, 0.15) is 81.1 Å². The summed E-state index contributed by atoms with van der Waals surface area (Å²) in [5, 5.41) is 3.23. The number of nitrogens with one attached hydrogen (secondary N) is 1. The van der Waals surface area contributed by atoms with Gasteiger partial charge in [-0.2, -0.15) is 0 Å². The van der Waals surface area contributed by atoms with Gasteiger partial charge in [0.25, 0.3) is 5.91 Å². The standard InChI is InChI=1S/C21H33NO3/c1-3-14-24-16-18-15-17(12-13-20(18)25-4-2)21(23)22-19-10-8-6-5-7-9-11-19/h12-13,15,19H,3-11,14,16H2,1-2H3,(H,22,23). The highest BCUT2D eigenvalue weighted by Crippen LogP contribution is 2.22. The first kappa shape index (κ1) is 19.8. The van der Waals surface area contributed by atoms with Crippen LogP contribution in [0.4, 0.5) is 0 Å². The molecular weight excluding hydrogens is 314 g/mol. The van der Waals surface area contributed by atoms with E-state index in [1.807, 2.05) is 25.1 Å². The monoisotopic (exact) mass is 347 g/mol. The normalized spacial score (nSPS) is 16.1. The molecule has 2 rings (SSSR count). The largest absolute Gasteiger partial charge is 0.494 e. The highest BCUT2D eigenvalue weighted by atomic mass is 16.5. The average Bonchev–Trinajstić information content (AvgIpc) is 2.59. The molecule has 0 radical (unpaired) electrons. The molecule has 4 heteroatoms. The Morgan fingerprint density at radius 1 is 1.12 bits per heavy atom. The summed E-state index contributed by atoms with van der Waals surface area (Å²) < 4.78 is 11.3. The minimum absolute atomic E-state index is 0.0189. The first-order valence-corrected chi connectivity index (χ1v) is 9.89. The molecule has 1 N–H and O–H groups in total. The van der Waals surface area contributed by atoms with Crippen molar-refractivity contribution in [2.45, 2.75) is 77.9 Å². The van der Waals surface area contributed by atoms with Gasteiger partial charge in [-0.25, -0.2) is 0 Å². The summed E-state index contributed by atoms with van der Waals surface area (Å²) in [7, 11) is 0. The van der Waals surface area contributed by atoms with Crippen LogP contribution in [-0.2, 0) is 11.3 Å². The van der Waals surface area contributed by atoms with E-state index < -0.39 is 0 Å². The SMILES string of the molecule is CCCOCc1cc(C(=O)NC2CCCCCCC2)ccc1OCC. The van der Waals surface area contributed by atoms with E-state index in [-0.39, 0.29) is 5.91 Å². The summed E-state index contributed by atoms with van der Waals surface area (Å²) in [4.78, 5) is 12.7. The summed E-state index contributed by atoms with van der Waals surface area (Å²) in [6, 6.07) is 5.96. The van der Waals surface area contributed by atoms with Gasteiger partial charge >= 0.3 is 0 Å². The Morgan fingerprint density at radius 3 is 2.52 bits per heavy atom. The fourth-order valence-electron chi connectivity index (χ4n) is 3.33. The smallest absolute Gasteiger partial charge is 0.251 e. The number of hydrogen-bond donors (Lipinski definition) is 1. The van der Waals surface area contributed by atoms with Gasteiger partial charge in [-0.05, 0) is 44.4 Å². The Labute approximate surface area is 152 Å². The lowest BCUT2D eigenvalue weighted by atomic mass is 9.96. The number of hydrogen-bond acceptors (Lipinski definition) is 3. The Kier molecular flexibility index (Phi) is 8.81. The molecular formula is C21H33NO3. The number of carbonyl (C=O) groups is 1. The minimum atomic E-state index is 0.0189. The molecule has 1 aromatic rings. The average molecular weight is 347 g/mol. The minimum Gasteiger partial charge on any atom is -0.494 e. The van der Waals surface area contributed by atoms with E-state index >= 15 is 0 Å². The third kappa shape index (κ3) is 6.69. The topological polar surface area (TPSA) is 47.6 Å². The summed E-state index contributed by atoms with van der Waals surface area (Å²) in [5.74, 6) is 0.825. The third-order valence-corrected chi connectivity index (χ3v) is 4.67. The second-order valence-corrected chi connectivity index (χ2v) is 6.82. The van der Waals surface area contributed by atoms with Crippen LogP contribution < -0.4 is 10.1 Å². The zero-order valence-corrected chi connectivity index (χ0v) is 15.8. The molecule has 0 unspecified atom stereocenters. The van der Waals surface area contributed by atoms with Crippen molar-refractivity contribution in [3.63, 3.8) is 0 Å². The molecule has 1 amide bonds. The maximum Gasteiger partial charge on any atom is 0.251 e. The molecule has 1 aromatic carbocycles. The Hall–Kier alpha value is -1.55. The van der Waals surface area contributed by atoms with E-state index in [2.05, 4.69) is 12.2 Å². The predicted molar refractivity (Wildman–Crippen MR) is 101 cm³/mol. The van der Waals surface area contributed by atoms with Crippen molar-refractivity contribution in [2.24, 2.45) is 0 Å². The van der Waals surface area contributed by atoms with Crippen LogP contribution in [0.2, 0.25) is 0 Å². The van der Waals surface area contributed by atoms with Crippen LogP contribution in [0, 0.1) is 0 Å². The van der Waals surface area contributed by atoms with E-state index in [1.54, 1.807) is 0 Å². The van der Waals surface area contributed by atoms with Crippen LogP contribution in [0.25, 0.3) is 0 Å². The van der Waals surface area contributed by atoms with Crippen molar-refractivity contribution >= 4 is 5.91 Å². The van der Waals surface area contributed by atoms with E-state index in [9.17, 15) is 4.79 Å². The molecule has 0 spiro atoms. The summed E-state index contributed by atoms with van der Waals surface area (Å²) in [6.07, 6.45) is 9.49. The van der Waals surface area contributed by atoms with Gasteiger partial charge in [-0.15, -0.1) is 0 Å². The summed E-state index contributed by atoms with van der Waals surface area (Å²) >= 11 is 0. The molecule has 1 saturated carbocycles. The molecule has 0 aliphatic heterocycles. The molecule has 1 fully saturated rings. The second kappa shape index (κ2) is 11.1. The quantitative estimate of drug-likeness (QED) is 0.684. The van der Waals surface area contributed by atoms with E-state index in [0.717, 1.165) is 30.6 Å². The fraction of sp³-hybridized carbons (Fsp3) is 0.667. The molecule has 0 bridgehead atoms. The van der Waals surface area contributed by atoms with Crippen molar-refractivity contribution in [1.82, 2.24) is 5.32 Å². The molecule has 0 heterocycles. The van der Waals surface area contributed by atoms with Gasteiger partial charge in [-0.1, -0.05) is 39.0 Å². The zero-order valence-electron chi connectivity index (χ0n) is 15.8. The van der Waals surface area contributed by atoms with Gasteiger partial charge in [0, 0.05) is 23.8 Å². The first-order valence-electron chi connectivity index (χ1n) is 9.89. The van der Waals surface area contributed by atoms with Gasteiger partial charge in [-0.3, -0.25) is 4.79 Å². The molecule has 4 nitrogen and oxygen atoms in total. The van der Waals surface area contributed by atoms with Crippen molar-refractivity contribution in [3.8, 4) is 5.75 Å². The van der Waals surface area contributed by atoms with Gasteiger partial charge in [0.1, 0.15) is 5.75 Å². The van der Waals surface area contributed by atoms with Crippen molar-refractivity contribution in [3.05, 3.63) is 29.3 Å². The Bertz CT molecular complexity index is 522. The summed E-state index contributed by atoms with van der Waals surface area (Å²) in [6.45, 7) is 5.85. The summed E-state index contributed by atoms with van der Waals surface area (Å²) in [5.41, 5.74) is 1.64. The zero-order chi connectivity index (χ0) is 17.9. The van der Waals surface area contributed by atoms with Crippen LogP contribution >= 0.6 is 0 Å². The van der Waals surface area contributed by atoms with E-state index in [0.29, 0.717) is 31.4 Å². The lowest BCUT2D eigenvalue weighted by Crippen LogP contribution is -2.35. The maximum absolute atomic E-state index is 12.7. The van der Waals surface area contributed by atoms with Gasteiger partial charge < -0.3 is 14.8 Å². The molecule has 25 heavy (non-hydrogen) atoms. The van der Waals surface area contributed by atoms with Crippen molar-refractivity contribution < 1.29 is 14.3 Å². The number of carbonyl (C=O) groups excluding carboxylic acids is 1. The Balaban J connectivity index is 2.02. The van der Waals surface area contributed by atoms with Crippen LogP contribution in [-0.4, -0.2) is 25.2 Å². The predicted octanol–water partition coefficient (Wildman–Crippen LogP) is 4.85. The van der Waals surface area contributed by atoms with Gasteiger partial charge in [0.15, 0.2) is 0 Å². The van der Waals surface area contributed by atoms with Crippen LogP contribution in [0.5, 0.6) is 5.75 Å².